The zero-order chi connectivity index (χ0) is 19.4. The lowest BCUT2D eigenvalue weighted by molar-refractivity contribution is 0.0737. The van der Waals surface area contributed by atoms with Crippen LogP contribution in [-0.2, 0) is 10.0 Å². The first kappa shape index (κ1) is 22.1. The molecule has 0 aromatic heterocycles. The van der Waals surface area contributed by atoms with E-state index in [1.165, 1.54) is 48.5 Å². The van der Waals surface area contributed by atoms with Crippen molar-refractivity contribution in [1.82, 2.24) is 10.2 Å². The second-order valence-electron chi connectivity index (χ2n) is 6.49. The Morgan fingerprint density at radius 3 is 2.39 bits per heavy atom. The quantitative estimate of drug-likeness (QED) is 0.743. The number of halogens is 2. The first-order chi connectivity index (χ1) is 12.9. The van der Waals surface area contributed by atoms with Crippen LogP contribution < -0.4 is 10.0 Å². The molecule has 1 atom stereocenters. The Bertz CT molecular complexity index is 905. The summed E-state index contributed by atoms with van der Waals surface area (Å²) < 4.78 is 40.2. The van der Waals surface area contributed by atoms with Gasteiger partial charge in [0, 0.05) is 30.4 Å². The molecule has 1 saturated heterocycles. The fourth-order valence-corrected chi connectivity index (χ4v) is 4.28. The number of rotatable bonds is 6. The molecule has 1 aliphatic heterocycles. The van der Waals surface area contributed by atoms with E-state index in [9.17, 15) is 17.6 Å². The molecular weight excluding hydrogens is 405 g/mol. The molecule has 6 nitrogen and oxygen atoms in total. The SMILES string of the molecule is CNCC1CCCN1C(=O)c1ccc(S(=O)(=O)Nc2ccc(F)cc2)cc1.Cl. The molecule has 3 rings (SSSR count). The molecule has 2 aromatic rings. The highest BCUT2D eigenvalue weighted by Crippen LogP contribution is 2.21. The number of anilines is 1. The minimum Gasteiger partial charge on any atom is -0.334 e. The Balaban J connectivity index is 0.00000280. The van der Waals surface area contributed by atoms with E-state index in [0.717, 1.165) is 19.4 Å². The number of amides is 1. The van der Waals surface area contributed by atoms with Crippen molar-refractivity contribution >= 4 is 34.0 Å². The molecule has 0 saturated carbocycles. The van der Waals surface area contributed by atoms with Crippen molar-refractivity contribution in [2.45, 2.75) is 23.8 Å². The molecule has 1 fully saturated rings. The summed E-state index contributed by atoms with van der Waals surface area (Å²) in [6, 6.07) is 11.1. The minimum absolute atomic E-state index is 0. The van der Waals surface area contributed by atoms with Crippen LogP contribution in [0.3, 0.4) is 0 Å². The molecule has 2 aromatic carbocycles. The third-order valence-electron chi connectivity index (χ3n) is 4.59. The number of likely N-dealkylation sites (tertiary alicyclic amines) is 1. The van der Waals surface area contributed by atoms with Gasteiger partial charge in [-0.05, 0) is 68.4 Å². The van der Waals surface area contributed by atoms with Crippen molar-refractivity contribution in [2.24, 2.45) is 0 Å². The molecule has 1 amide bonds. The molecule has 28 heavy (non-hydrogen) atoms. The summed E-state index contributed by atoms with van der Waals surface area (Å²) >= 11 is 0. The summed E-state index contributed by atoms with van der Waals surface area (Å²) in [5.41, 5.74) is 0.724. The molecule has 0 radical (unpaired) electrons. The van der Waals surface area contributed by atoms with E-state index in [1.54, 1.807) is 0 Å². The van der Waals surface area contributed by atoms with Crippen molar-refractivity contribution in [2.75, 3.05) is 24.9 Å². The average Bonchev–Trinajstić information content (AvgIpc) is 3.11. The number of likely N-dealkylation sites (N-methyl/N-ethyl adjacent to an activating group) is 1. The summed E-state index contributed by atoms with van der Waals surface area (Å²) in [5.74, 6) is -0.539. The lowest BCUT2D eigenvalue weighted by atomic mass is 10.1. The minimum atomic E-state index is -3.81. The molecule has 0 aliphatic carbocycles. The predicted octanol–water partition coefficient (Wildman–Crippen LogP) is 2.87. The van der Waals surface area contributed by atoms with Crippen molar-refractivity contribution in [3.63, 3.8) is 0 Å². The summed E-state index contributed by atoms with van der Waals surface area (Å²) in [4.78, 5) is 14.6. The predicted molar refractivity (Wildman–Crippen MR) is 109 cm³/mol. The van der Waals surface area contributed by atoms with Crippen LogP contribution in [0, 0.1) is 5.82 Å². The number of nitrogens with one attached hydrogen (secondary N) is 2. The van der Waals surface area contributed by atoms with Gasteiger partial charge in [0.25, 0.3) is 15.9 Å². The zero-order valence-electron chi connectivity index (χ0n) is 15.4. The number of sulfonamides is 1. The number of carbonyl (C=O) groups excluding carboxylic acids is 1. The van der Waals surface area contributed by atoms with E-state index >= 15 is 0 Å². The van der Waals surface area contributed by atoms with Gasteiger partial charge in [0.05, 0.1) is 4.90 Å². The molecule has 1 unspecified atom stereocenters. The van der Waals surface area contributed by atoms with Gasteiger partial charge in [-0.1, -0.05) is 0 Å². The van der Waals surface area contributed by atoms with Crippen molar-refractivity contribution < 1.29 is 17.6 Å². The van der Waals surface area contributed by atoms with E-state index < -0.39 is 15.8 Å². The van der Waals surface area contributed by atoms with E-state index in [-0.39, 0.29) is 34.9 Å². The molecule has 2 N–H and O–H groups in total. The highest BCUT2D eigenvalue weighted by Gasteiger charge is 2.29. The van der Waals surface area contributed by atoms with Crippen LogP contribution in [-0.4, -0.2) is 45.4 Å². The lowest BCUT2D eigenvalue weighted by Gasteiger charge is -2.24. The fraction of sp³-hybridized carbons (Fsp3) is 0.316. The van der Waals surface area contributed by atoms with Crippen LogP contribution in [0.5, 0.6) is 0 Å². The second-order valence-corrected chi connectivity index (χ2v) is 8.17. The van der Waals surface area contributed by atoms with Gasteiger partial charge < -0.3 is 10.2 Å². The normalized spacial score (nSPS) is 16.5. The van der Waals surface area contributed by atoms with Crippen LogP contribution in [0.15, 0.2) is 53.4 Å². The number of nitrogens with zero attached hydrogens (tertiary/aromatic N) is 1. The molecule has 9 heteroatoms. The standard InChI is InChI=1S/C19H22FN3O3S.ClH/c1-21-13-17-3-2-12-23(17)19(24)14-4-10-18(11-5-14)27(25,26)22-16-8-6-15(20)7-9-16;/h4-11,17,21-22H,2-3,12-13H2,1H3;1H. The van der Waals surface area contributed by atoms with Gasteiger partial charge in [-0.3, -0.25) is 9.52 Å². The monoisotopic (exact) mass is 427 g/mol. The topological polar surface area (TPSA) is 78.5 Å². The average molecular weight is 428 g/mol. The van der Waals surface area contributed by atoms with Gasteiger partial charge in [0.15, 0.2) is 0 Å². The van der Waals surface area contributed by atoms with Gasteiger partial charge in [0.2, 0.25) is 0 Å². The van der Waals surface area contributed by atoms with Crippen LogP contribution in [0.2, 0.25) is 0 Å². The largest absolute Gasteiger partial charge is 0.334 e. The number of benzene rings is 2. The summed E-state index contributed by atoms with van der Waals surface area (Å²) in [6.07, 6.45) is 1.92. The lowest BCUT2D eigenvalue weighted by Crippen LogP contribution is -2.40. The summed E-state index contributed by atoms with van der Waals surface area (Å²) in [6.45, 7) is 1.44. The Morgan fingerprint density at radius 1 is 1.14 bits per heavy atom. The first-order valence-corrected chi connectivity index (χ1v) is 10.2. The molecule has 0 spiro atoms. The molecule has 152 valence electrons. The Morgan fingerprint density at radius 2 is 1.79 bits per heavy atom. The molecule has 1 aliphatic rings. The Kier molecular flexibility index (Phi) is 7.40. The van der Waals surface area contributed by atoms with Crippen LogP contribution in [0.1, 0.15) is 23.2 Å². The zero-order valence-corrected chi connectivity index (χ0v) is 17.0. The molecule has 0 bridgehead atoms. The first-order valence-electron chi connectivity index (χ1n) is 8.75. The molecule has 1 heterocycles. The van der Waals surface area contributed by atoms with Crippen molar-refractivity contribution in [3.8, 4) is 0 Å². The Labute approximate surface area is 170 Å². The van der Waals surface area contributed by atoms with Gasteiger partial charge in [-0.2, -0.15) is 0 Å². The maximum atomic E-state index is 12.9. The van der Waals surface area contributed by atoms with Crippen molar-refractivity contribution in [1.29, 1.82) is 0 Å². The van der Waals surface area contributed by atoms with Crippen LogP contribution in [0.4, 0.5) is 10.1 Å². The maximum Gasteiger partial charge on any atom is 0.261 e. The maximum absolute atomic E-state index is 12.9. The smallest absolute Gasteiger partial charge is 0.261 e. The number of hydrogen-bond acceptors (Lipinski definition) is 4. The van der Waals surface area contributed by atoms with Gasteiger partial charge in [-0.15, -0.1) is 12.4 Å². The Hall–Kier alpha value is -2.16. The van der Waals surface area contributed by atoms with E-state index in [4.69, 9.17) is 0 Å². The molecular formula is C19H23ClFN3O3S. The highest BCUT2D eigenvalue weighted by atomic mass is 35.5. The van der Waals surface area contributed by atoms with Crippen LogP contribution in [0.25, 0.3) is 0 Å². The third kappa shape index (κ3) is 5.01. The van der Waals surface area contributed by atoms with E-state index in [2.05, 4.69) is 10.0 Å². The second kappa shape index (κ2) is 9.36. The fourth-order valence-electron chi connectivity index (χ4n) is 3.23. The van der Waals surface area contributed by atoms with Crippen LogP contribution >= 0.6 is 12.4 Å². The number of hydrogen-bond donors (Lipinski definition) is 2. The highest BCUT2D eigenvalue weighted by molar-refractivity contribution is 7.92. The van der Waals surface area contributed by atoms with E-state index in [1.807, 2.05) is 11.9 Å². The van der Waals surface area contributed by atoms with Crippen molar-refractivity contribution in [3.05, 3.63) is 59.9 Å². The van der Waals surface area contributed by atoms with Gasteiger partial charge >= 0.3 is 0 Å². The summed E-state index contributed by atoms with van der Waals surface area (Å²) in [5, 5.41) is 3.10. The number of carbonyl (C=O) groups is 1. The summed E-state index contributed by atoms with van der Waals surface area (Å²) in [7, 11) is -1.96. The van der Waals surface area contributed by atoms with Gasteiger partial charge in [0.1, 0.15) is 5.82 Å². The third-order valence-corrected chi connectivity index (χ3v) is 5.98. The van der Waals surface area contributed by atoms with Gasteiger partial charge in [-0.25, -0.2) is 12.8 Å². The van der Waals surface area contributed by atoms with E-state index in [0.29, 0.717) is 12.1 Å².